The van der Waals surface area contributed by atoms with E-state index in [1.165, 1.54) is 0 Å². The number of alkyl halides is 3. The molecule has 0 spiro atoms. The van der Waals surface area contributed by atoms with E-state index in [-0.39, 0.29) is 11.5 Å². The molecular formula is C14H11ClF3N5O. The minimum absolute atomic E-state index is 0.0596. The molecule has 0 amide bonds. The third kappa shape index (κ3) is 3.35. The molecule has 0 aliphatic carbocycles. The Morgan fingerprint density at radius 2 is 2.00 bits per heavy atom. The average molecular weight is 358 g/mol. The van der Waals surface area contributed by atoms with Crippen molar-refractivity contribution < 1.29 is 17.7 Å². The number of halogens is 4. The molecule has 126 valence electrons. The summed E-state index contributed by atoms with van der Waals surface area (Å²) in [7, 11) is 0. The lowest BCUT2D eigenvalue weighted by atomic mass is 10.1. The molecule has 0 bridgehead atoms. The lowest BCUT2D eigenvalue weighted by molar-refractivity contribution is -0.138. The van der Waals surface area contributed by atoms with Crippen LogP contribution in [-0.4, -0.2) is 20.1 Å². The van der Waals surface area contributed by atoms with Gasteiger partial charge in [0, 0.05) is 30.4 Å². The third-order valence-electron chi connectivity index (χ3n) is 3.29. The van der Waals surface area contributed by atoms with Gasteiger partial charge in [-0.2, -0.15) is 13.2 Å². The number of rotatable bonds is 3. The van der Waals surface area contributed by atoms with Crippen molar-refractivity contribution >= 4 is 11.6 Å². The Bertz CT molecular complexity index is 798. The Balaban J connectivity index is 1.86. The van der Waals surface area contributed by atoms with E-state index in [0.29, 0.717) is 22.9 Å². The van der Waals surface area contributed by atoms with Crippen molar-refractivity contribution in [2.75, 3.05) is 0 Å². The number of allylic oxidation sites excluding steroid dienone is 2. The molecule has 6 nitrogen and oxygen atoms in total. The van der Waals surface area contributed by atoms with E-state index in [1.54, 1.807) is 30.4 Å². The highest BCUT2D eigenvalue weighted by Gasteiger charge is 2.31. The summed E-state index contributed by atoms with van der Waals surface area (Å²) in [5.41, 5.74) is 2.95. The fourth-order valence-electron chi connectivity index (χ4n) is 2.02. The number of aromatic nitrogens is 3. The van der Waals surface area contributed by atoms with Crippen LogP contribution in [0.1, 0.15) is 16.9 Å². The minimum Gasteiger partial charge on any atom is -0.361 e. The number of nitrogens with one attached hydrogen (secondary N) is 1. The van der Waals surface area contributed by atoms with Gasteiger partial charge in [0.2, 0.25) is 0 Å². The number of aryl methyl sites for hydroxylation is 1. The van der Waals surface area contributed by atoms with Gasteiger partial charge < -0.3 is 9.95 Å². The van der Waals surface area contributed by atoms with Crippen LogP contribution in [-0.2, 0) is 12.7 Å². The zero-order chi connectivity index (χ0) is 17.3. The molecule has 0 aromatic carbocycles. The first kappa shape index (κ1) is 16.3. The van der Waals surface area contributed by atoms with E-state index in [1.807, 2.05) is 0 Å². The van der Waals surface area contributed by atoms with E-state index in [9.17, 15) is 13.2 Å². The maximum absolute atomic E-state index is 12.6. The Labute approximate surface area is 139 Å². The van der Waals surface area contributed by atoms with Crippen LogP contribution >= 0.6 is 11.6 Å². The molecule has 0 radical (unpaired) electrons. The molecule has 1 aliphatic rings. The summed E-state index contributed by atoms with van der Waals surface area (Å²) in [5, 5.41) is 6.11. The maximum atomic E-state index is 12.6. The van der Waals surface area contributed by atoms with Crippen LogP contribution in [0.15, 0.2) is 40.4 Å². The zero-order valence-corrected chi connectivity index (χ0v) is 13.1. The largest absolute Gasteiger partial charge is 0.419 e. The predicted octanol–water partition coefficient (Wildman–Crippen LogP) is 3.37. The maximum Gasteiger partial charge on any atom is 0.419 e. The number of nitrogens with zero attached hydrogens (tertiary/aromatic N) is 4. The third-order valence-corrected chi connectivity index (χ3v) is 3.52. The zero-order valence-electron chi connectivity index (χ0n) is 12.3. The van der Waals surface area contributed by atoms with Gasteiger partial charge in [-0.05, 0) is 13.0 Å². The molecular weight excluding hydrogens is 347 g/mol. The van der Waals surface area contributed by atoms with Crippen molar-refractivity contribution in [3.8, 4) is 11.5 Å². The first-order valence-electron chi connectivity index (χ1n) is 6.76. The second-order valence-electron chi connectivity index (χ2n) is 4.96. The molecule has 0 saturated heterocycles. The molecule has 0 unspecified atom stereocenters. The second kappa shape index (κ2) is 6.16. The van der Waals surface area contributed by atoms with Crippen molar-refractivity contribution in [2.45, 2.75) is 19.6 Å². The lowest BCUT2D eigenvalue weighted by Gasteiger charge is -2.22. The molecule has 1 N–H and O–H groups in total. The smallest absolute Gasteiger partial charge is 0.361 e. The second-order valence-corrected chi connectivity index (χ2v) is 5.40. The lowest BCUT2D eigenvalue weighted by Crippen LogP contribution is -2.30. The Kier molecular flexibility index (Phi) is 4.18. The van der Waals surface area contributed by atoms with Crippen LogP contribution in [0.4, 0.5) is 13.2 Å². The standard InChI is InChI=1S/C14H11ClF3N5O/c1-8-11(7-23-3-2-10(15)6-21-23)12(22-24-8)13-19-4-9(5-20-13)14(16,17)18/h2-6,21H,7H2,1H3. The average Bonchev–Trinajstić information content (AvgIpc) is 2.90. The van der Waals surface area contributed by atoms with Gasteiger partial charge in [-0.3, -0.25) is 5.01 Å². The highest BCUT2D eigenvalue weighted by molar-refractivity contribution is 6.31. The van der Waals surface area contributed by atoms with E-state index in [4.69, 9.17) is 16.1 Å². The normalized spacial score (nSPS) is 14.5. The highest BCUT2D eigenvalue weighted by Crippen LogP contribution is 2.29. The van der Waals surface area contributed by atoms with Gasteiger partial charge in [-0.15, -0.1) is 0 Å². The van der Waals surface area contributed by atoms with Crippen molar-refractivity contribution in [2.24, 2.45) is 0 Å². The van der Waals surface area contributed by atoms with Crippen LogP contribution in [0.5, 0.6) is 0 Å². The molecule has 24 heavy (non-hydrogen) atoms. The van der Waals surface area contributed by atoms with E-state index < -0.39 is 11.7 Å². The summed E-state index contributed by atoms with van der Waals surface area (Å²) < 4.78 is 42.9. The SMILES string of the molecule is Cc1onc(-c2ncc(C(F)(F)F)cn2)c1CN1C=CC(Cl)=CN1. The van der Waals surface area contributed by atoms with Gasteiger partial charge in [0.15, 0.2) is 11.5 Å². The molecule has 3 heterocycles. The molecule has 0 atom stereocenters. The van der Waals surface area contributed by atoms with E-state index >= 15 is 0 Å². The molecule has 2 aromatic heterocycles. The van der Waals surface area contributed by atoms with Gasteiger partial charge in [-0.1, -0.05) is 16.8 Å². The van der Waals surface area contributed by atoms with Gasteiger partial charge in [0.1, 0.15) is 5.76 Å². The first-order valence-corrected chi connectivity index (χ1v) is 7.14. The molecule has 0 fully saturated rings. The Morgan fingerprint density at radius 3 is 2.58 bits per heavy atom. The van der Waals surface area contributed by atoms with E-state index in [0.717, 1.165) is 12.4 Å². The molecule has 10 heteroatoms. The first-order chi connectivity index (χ1) is 11.3. The van der Waals surface area contributed by atoms with Gasteiger partial charge in [-0.25, -0.2) is 9.97 Å². The summed E-state index contributed by atoms with van der Waals surface area (Å²) in [5.74, 6) is 0.578. The van der Waals surface area contributed by atoms with Crippen molar-refractivity contribution in [3.05, 3.63) is 52.8 Å². The monoisotopic (exact) mass is 357 g/mol. The van der Waals surface area contributed by atoms with Crippen LogP contribution in [0.25, 0.3) is 11.5 Å². The molecule has 0 saturated carbocycles. The quantitative estimate of drug-likeness (QED) is 0.908. The molecule has 1 aliphatic heterocycles. The van der Waals surface area contributed by atoms with E-state index in [2.05, 4.69) is 20.6 Å². The predicted molar refractivity (Wildman–Crippen MR) is 79.0 cm³/mol. The van der Waals surface area contributed by atoms with Gasteiger partial charge in [0.05, 0.1) is 17.1 Å². The summed E-state index contributed by atoms with van der Waals surface area (Å²) >= 11 is 5.82. The van der Waals surface area contributed by atoms with Crippen molar-refractivity contribution in [1.82, 2.24) is 25.6 Å². The minimum atomic E-state index is -4.49. The summed E-state index contributed by atoms with van der Waals surface area (Å²) in [6.07, 6.45) is 1.95. The summed E-state index contributed by atoms with van der Waals surface area (Å²) in [4.78, 5) is 7.50. The highest BCUT2D eigenvalue weighted by atomic mass is 35.5. The van der Waals surface area contributed by atoms with Crippen LogP contribution in [0.3, 0.4) is 0 Å². The topological polar surface area (TPSA) is 67.1 Å². The van der Waals surface area contributed by atoms with Crippen LogP contribution < -0.4 is 5.43 Å². The molecule has 3 rings (SSSR count). The fourth-order valence-corrected chi connectivity index (χ4v) is 2.12. The molecule has 2 aromatic rings. The summed E-state index contributed by atoms with van der Waals surface area (Å²) in [6.45, 7) is 2.04. The number of hydrogen-bond acceptors (Lipinski definition) is 6. The van der Waals surface area contributed by atoms with Gasteiger partial charge in [0.25, 0.3) is 0 Å². The van der Waals surface area contributed by atoms with Crippen LogP contribution in [0.2, 0.25) is 0 Å². The Hall–Kier alpha value is -2.55. The number of hydrazine groups is 1. The fraction of sp³-hybridized carbons (Fsp3) is 0.214. The van der Waals surface area contributed by atoms with Gasteiger partial charge >= 0.3 is 6.18 Å². The van der Waals surface area contributed by atoms with Crippen molar-refractivity contribution in [3.63, 3.8) is 0 Å². The van der Waals surface area contributed by atoms with Crippen molar-refractivity contribution in [1.29, 1.82) is 0 Å². The Morgan fingerprint density at radius 1 is 1.29 bits per heavy atom. The summed E-state index contributed by atoms with van der Waals surface area (Å²) in [6, 6.07) is 0. The van der Waals surface area contributed by atoms with Crippen LogP contribution in [0, 0.1) is 6.92 Å². The number of hydrogen-bond donors (Lipinski definition) is 1.